The summed E-state index contributed by atoms with van der Waals surface area (Å²) in [6.07, 6.45) is 2.91. The van der Waals surface area contributed by atoms with Gasteiger partial charge in [-0.3, -0.25) is 0 Å². The van der Waals surface area contributed by atoms with Crippen LogP contribution in [0, 0.1) is 0 Å². The van der Waals surface area contributed by atoms with Crippen LogP contribution in [0.1, 0.15) is 38.6 Å². The van der Waals surface area contributed by atoms with Gasteiger partial charge in [-0.25, -0.2) is 9.67 Å². The molecule has 9 heteroatoms. The van der Waals surface area contributed by atoms with Crippen LogP contribution in [0.5, 0.6) is 0 Å². The Hall–Kier alpha value is -1.03. The largest absolute Gasteiger partial charge is 0.373 e. The van der Waals surface area contributed by atoms with E-state index in [0.717, 1.165) is 19.4 Å². The first-order valence-corrected chi connectivity index (χ1v) is 8.70. The highest BCUT2D eigenvalue weighted by Crippen LogP contribution is 2.24. The minimum atomic E-state index is -3.55. The van der Waals surface area contributed by atoms with Crippen molar-refractivity contribution in [1.29, 1.82) is 0 Å². The Balaban J connectivity index is 1.75. The van der Waals surface area contributed by atoms with Crippen LogP contribution in [0.4, 0.5) is 0 Å². The number of rotatable bonds is 3. The Morgan fingerprint density at radius 3 is 2.76 bits per heavy atom. The molecule has 0 unspecified atom stereocenters. The lowest BCUT2D eigenvalue weighted by atomic mass is 10.1. The second-order valence-corrected chi connectivity index (χ2v) is 7.44. The van der Waals surface area contributed by atoms with Crippen molar-refractivity contribution in [1.82, 2.24) is 23.8 Å². The van der Waals surface area contributed by atoms with Gasteiger partial charge in [0, 0.05) is 19.6 Å². The van der Waals surface area contributed by atoms with E-state index in [9.17, 15) is 8.42 Å². The van der Waals surface area contributed by atoms with Gasteiger partial charge in [-0.05, 0) is 26.7 Å². The van der Waals surface area contributed by atoms with Crippen LogP contribution in [0.15, 0.2) is 6.33 Å². The fourth-order valence-corrected chi connectivity index (χ4v) is 4.53. The van der Waals surface area contributed by atoms with Crippen LogP contribution in [-0.2, 0) is 21.5 Å². The van der Waals surface area contributed by atoms with Gasteiger partial charge in [-0.1, -0.05) is 0 Å². The molecule has 1 N–H and O–H groups in total. The summed E-state index contributed by atoms with van der Waals surface area (Å²) < 4.78 is 36.7. The van der Waals surface area contributed by atoms with E-state index in [-0.39, 0.29) is 18.2 Å². The SMILES string of the molecule is C[C@@H]1CN(S(=O)(=O)N[C@H]2CCCn3ncnc32)C[C@H](C)O1. The number of hydrogen-bond acceptors (Lipinski definition) is 5. The molecule has 0 aromatic carbocycles. The van der Waals surface area contributed by atoms with E-state index < -0.39 is 10.2 Å². The van der Waals surface area contributed by atoms with Gasteiger partial charge >= 0.3 is 0 Å². The Labute approximate surface area is 124 Å². The molecule has 8 nitrogen and oxygen atoms in total. The van der Waals surface area contributed by atoms with Gasteiger partial charge in [0.1, 0.15) is 12.2 Å². The summed E-state index contributed by atoms with van der Waals surface area (Å²) in [6.45, 7) is 5.31. The van der Waals surface area contributed by atoms with Gasteiger partial charge in [0.15, 0.2) is 0 Å². The van der Waals surface area contributed by atoms with Crippen LogP contribution in [-0.4, -0.2) is 52.8 Å². The molecule has 1 saturated heterocycles. The number of fused-ring (bicyclic) bond motifs is 1. The molecule has 0 amide bonds. The predicted molar refractivity (Wildman–Crippen MR) is 75.6 cm³/mol. The minimum absolute atomic E-state index is 0.0969. The molecule has 0 radical (unpaired) electrons. The molecule has 0 bridgehead atoms. The molecule has 1 aromatic rings. The molecule has 3 atom stereocenters. The topological polar surface area (TPSA) is 89.4 Å². The molecule has 21 heavy (non-hydrogen) atoms. The highest BCUT2D eigenvalue weighted by Gasteiger charge is 2.34. The zero-order valence-electron chi connectivity index (χ0n) is 12.3. The van der Waals surface area contributed by atoms with E-state index in [1.807, 2.05) is 13.8 Å². The second-order valence-electron chi connectivity index (χ2n) is 5.73. The smallest absolute Gasteiger partial charge is 0.280 e. The number of morpholine rings is 1. The van der Waals surface area contributed by atoms with Gasteiger partial charge in [0.2, 0.25) is 0 Å². The van der Waals surface area contributed by atoms with Gasteiger partial charge < -0.3 is 4.74 Å². The molecule has 1 aromatic heterocycles. The van der Waals surface area contributed by atoms with Gasteiger partial charge in [0.05, 0.1) is 18.2 Å². The number of nitrogens with zero attached hydrogens (tertiary/aromatic N) is 4. The molecular formula is C12H21N5O3S. The maximum atomic E-state index is 12.6. The minimum Gasteiger partial charge on any atom is -0.373 e. The fourth-order valence-electron chi connectivity index (χ4n) is 2.98. The number of aromatic nitrogens is 3. The van der Waals surface area contributed by atoms with Crippen LogP contribution >= 0.6 is 0 Å². The van der Waals surface area contributed by atoms with E-state index in [4.69, 9.17) is 4.74 Å². The summed E-state index contributed by atoms with van der Waals surface area (Å²) in [5.74, 6) is 0.694. The summed E-state index contributed by atoms with van der Waals surface area (Å²) in [6, 6.07) is -0.306. The zero-order chi connectivity index (χ0) is 15.0. The van der Waals surface area contributed by atoms with E-state index >= 15 is 0 Å². The lowest BCUT2D eigenvalue weighted by Gasteiger charge is -2.35. The lowest BCUT2D eigenvalue weighted by molar-refractivity contribution is -0.0445. The molecule has 3 rings (SSSR count). The normalized spacial score (nSPS) is 31.0. The van der Waals surface area contributed by atoms with Crippen LogP contribution in [0.3, 0.4) is 0 Å². The van der Waals surface area contributed by atoms with Crippen molar-refractivity contribution in [3.63, 3.8) is 0 Å². The van der Waals surface area contributed by atoms with E-state index in [0.29, 0.717) is 18.9 Å². The first-order chi connectivity index (χ1) is 9.95. The molecule has 0 spiro atoms. The monoisotopic (exact) mass is 315 g/mol. The quantitative estimate of drug-likeness (QED) is 0.852. The first kappa shape index (κ1) is 14.9. The average molecular weight is 315 g/mol. The Morgan fingerprint density at radius 2 is 2.05 bits per heavy atom. The average Bonchev–Trinajstić information content (AvgIpc) is 2.86. The molecule has 118 valence electrons. The van der Waals surface area contributed by atoms with Gasteiger partial charge in [-0.2, -0.15) is 22.5 Å². The van der Waals surface area contributed by atoms with Crippen molar-refractivity contribution in [2.45, 2.75) is 51.5 Å². The summed E-state index contributed by atoms with van der Waals surface area (Å²) in [5, 5.41) is 4.11. The molecule has 3 heterocycles. The lowest BCUT2D eigenvalue weighted by Crippen LogP contribution is -2.52. The first-order valence-electron chi connectivity index (χ1n) is 7.26. The summed E-state index contributed by atoms with van der Waals surface area (Å²) >= 11 is 0. The third kappa shape index (κ3) is 3.10. The summed E-state index contributed by atoms with van der Waals surface area (Å²) in [4.78, 5) is 4.18. The second kappa shape index (κ2) is 5.64. The molecule has 2 aliphatic heterocycles. The number of aryl methyl sites for hydroxylation is 1. The Morgan fingerprint density at radius 1 is 1.33 bits per heavy atom. The third-order valence-electron chi connectivity index (χ3n) is 3.84. The van der Waals surface area contributed by atoms with Crippen molar-refractivity contribution in [3.8, 4) is 0 Å². The molecule has 0 aliphatic carbocycles. The van der Waals surface area contributed by atoms with Crippen molar-refractivity contribution in [2.24, 2.45) is 0 Å². The molecule has 1 fully saturated rings. The summed E-state index contributed by atoms with van der Waals surface area (Å²) in [5.41, 5.74) is 0. The van der Waals surface area contributed by atoms with E-state index in [1.165, 1.54) is 10.6 Å². The van der Waals surface area contributed by atoms with E-state index in [2.05, 4.69) is 14.8 Å². The maximum Gasteiger partial charge on any atom is 0.280 e. The predicted octanol–water partition coefficient (Wildman–Crippen LogP) is 0.0566. The Bertz CT molecular complexity index is 592. The molecular weight excluding hydrogens is 294 g/mol. The van der Waals surface area contributed by atoms with E-state index in [1.54, 1.807) is 4.68 Å². The summed E-state index contributed by atoms with van der Waals surface area (Å²) in [7, 11) is -3.55. The Kier molecular flexibility index (Phi) is 4.00. The number of ether oxygens (including phenoxy) is 1. The van der Waals surface area contributed by atoms with Crippen molar-refractivity contribution in [2.75, 3.05) is 13.1 Å². The van der Waals surface area contributed by atoms with Crippen molar-refractivity contribution < 1.29 is 13.2 Å². The highest BCUT2D eigenvalue weighted by molar-refractivity contribution is 7.87. The molecule has 0 saturated carbocycles. The van der Waals surface area contributed by atoms with Gasteiger partial charge in [0.25, 0.3) is 10.2 Å². The number of hydrogen-bond donors (Lipinski definition) is 1. The number of nitrogens with one attached hydrogen (secondary N) is 1. The zero-order valence-corrected chi connectivity index (χ0v) is 13.1. The molecule has 2 aliphatic rings. The third-order valence-corrected chi connectivity index (χ3v) is 5.40. The van der Waals surface area contributed by atoms with Gasteiger partial charge in [-0.15, -0.1) is 0 Å². The fraction of sp³-hybridized carbons (Fsp3) is 0.833. The van der Waals surface area contributed by atoms with Crippen LogP contribution < -0.4 is 4.72 Å². The van der Waals surface area contributed by atoms with Crippen molar-refractivity contribution >= 4 is 10.2 Å². The standard InChI is InChI=1S/C12H21N5O3S/c1-9-6-16(7-10(2)20-9)21(18,19)15-11-4-3-5-17-12(11)13-8-14-17/h8-11,15H,3-7H2,1-2H3/t9-,10+,11-/m0/s1. The van der Waals surface area contributed by atoms with Crippen molar-refractivity contribution in [3.05, 3.63) is 12.2 Å². The highest BCUT2D eigenvalue weighted by atomic mass is 32.2. The van der Waals surface area contributed by atoms with Crippen LogP contribution in [0.2, 0.25) is 0 Å². The maximum absolute atomic E-state index is 12.6. The van der Waals surface area contributed by atoms with Crippen LogP contribution in [0.25, 0.3) is 0 Å².